The van der Waals surface area contributed by atoms with Gasteiger partial charge in [-0.2, -0.15) is 5.26 Å². The molecule has 6 nitrogen and oxygen atoms in total. The van der Waals surface area contributed by atoms with Gasteiger partial charge in [-0.15, -0.1) is 0 Å². The number of esters is 1. The fraction of sp³-hybridized carbons (Fsp3) is 0.318. The zero-order valence-corrected chi connectivity index (χ0v) is 16.3. The van der Waals surface area contributed by atoms with Crippen molar-refractivity contribution in [1.82, 2.24) is 0 Å². The monoisotopic (exact) mass is 380 g/mol. The van der Waals surface area contributed by atoms with Crippen molar-refractivity contribution in [1.29, 1.82) is 5.26 Å². The molecule has 0 radical (unpaired) electrons. The van der Waals surface area contributed by atoms with Gasteiger partial charge in [0, 0.05) is 5.69 Å². The van der Waals surface area contributed by atoms with Crippen LogP contribution in [0.25, 0.3) is 0 Å². The summed E-state index contributed by atoms with van der Waals surface area (Å²) in [5, 5.41) is 11.0. The van der Waals surface area contributed by atoms with Crippen molar-refractivity contribution >= 4 is 17.6 Å². The first-order valence-corrected chi connectivity index (χ1v) is 8.97. The van der Waals surface area contributed by atoms with E-state index < -0.39 is 11.9 Å². The zero-order chi connectivity index (χ0) is 20.6. The molecule has 0 unspecified atom stereocenters. The first-order valence-electron chi connectivity index (χ1n) is 8.97. The Kier molecular flexibility index (Phi) is 7.16. The van der Waals surface area contributed by atoms with E-state index in [4.69, 9.17) is 14.7 Å². The number of nitrogens with one attached hydrogen (secondary N) is 1. The van der Waals surface area contributed by atoms with Crippen LogP contribution in [0.3, 0.4) is 0 Å². The first kappa shape index (κ1) is 21.0. The summed E-state index contributed by atoms with van der Waals surface area (Å²) in [5.41, 5.74) is 2.19. The second-order valence-corrected chi connectivity index (χ2v) is 7.22. The summed E-state index contributed by atoms with van der Waals surface area (Å²) in [6, 6.07) is 15.9. The minimum Gasteiger partial charge on any atom is -0.490 e. The fourth-order valence-electron chi connectivity index (χ4n) is 2.40. The molecule has 1 amide bonds. The lowest BCUT2D eigenvalue weighted by Gasteiger charge is -2.19. The smallest absolute Gasteiger partial charge is 0.338 e. The minimum absolute atomic E-state index is 0.0855. The van der Waals surface area contributed by atoms with E-state index in [0.29, 0.717) is 11.3 Å². The Morgan fingerprint density at radius 2 is 1.64 bits per heavy atom. The lowest BCUT2D eigenvalue weighted by Crippen LogP contribution is -2.13. The van der Waals surface area contributed by atoms with Gasteiger partial charge in [0.05, 0.1) is 11.6 Å². The highest BCUT2D eigenvalue weighted by molar-refractivity contribution is 5.93. The molecule has 0 bridgehead atoms. The van der Waals surface area contributed by atoms with Crippen LogP contribution in [-0.4, -0.2) is 25.1 Å². The van der Waals surface area contributed by atoms with Crippen LogP contribution in [0.1, 0.15) is 43.1 Å². The molecule has 0 fully saturated rings. The molecule has 0 atom stereocenters. The van der Waals surface area contributed by atoms with Gasteiger partial charge in [0.15, 0.2) is 0 Å². The third-order valence-corrected chi connectivity index (χ3v) is 3.95. The minimum atomic E-state index is -0.471. The predicted octanol–water partition coefficient (Wildman–Crippen LogP) is 4.07. The van der Waals surface area contributed by atoms with Crippen molar-refractivity contribution in [2.24, 2.45) is 0 Å². The van der Waals surface area contributed by atoms with Crippen LogP contribution in [0.2, 0.25) is 0 Å². The molecule has 146 valence electrons. The number of benzene rings is 2. The quantitative estimate of drug-likeness (QED) is 0.578. The van der Waals surface area contributed by atoms with Crippen LogP contribution >= 0.6 is 0 Å². The summed E-state index contributed by atoms with van der Waals surface area (Å²) in [7, 11) is 0. The number of anilines is 1. The van der Waals surface area contributed by atoms with Gasteiger partial charge in [-0.05, 0) is 47.4 Å². The first-order chi connectivity index (χ1) is 13.3. The lowest BCUT2D eigenvalue weighted by atomic mass is 9.87. The van der Waals surface area contributed by atoms with Crippen LogP contribution in [0, 0.1) is 11.3 Å². The van der Waals surface area contributed by atoms with Crippen molar-refractivity contribution in [3.05, 3.63) is 59.7 Å². The molecule has 2 aromatic rings. The van der Waals surface area contributed by atoms with Crippen LogP contribution in [0.15, 0.2) is 48.5 Å². The van der Waals surface area contributed by atoms with Crippen molar-refractivity contribution in [3.63, 3.8) is 0 Å². The summed E-state index contributed by atoms with van der Waals surface area (Å²) >= 11 is 0. The Morgan fingerprint density at radius 3 is 2.21 bits per heavy atom. The van der Waals surface area contributed by atoms with E-state index >= 15 is 0 Å². The normalized spacial score (nSPS) is 10.6. The van der Waals surface area contributed by atoms with Gasteiger partial charge in [-0.1, -0.05) is 32.9 Å². The van der Waals surface area contributed by atoms with Crippen LogP contribution in [-0.2, 0) is 14.9 Å². The number of hydrogen-bond acceptors (Lipinski definition) is 5. The average Bonchev–Trinajstić information content (AvgIpc) is 2.65. The molecular weight excluding hydrogens is 356 g/mol. The average molecular weight is 380 g/mol. The maximum absolute atomic E-state index is 12.0. The maximum Gasteiger partial charge on any atom is 0.338 e. The van der Waals surface area contributed by atoms with Gasteiger partial charge in [-0.3, -0.25) is 4.79 Å². The summed E-state index contributed by atoms with van der Waals surface area (Å²) in [4.78, 5) is 23.4. The number of ether oxygens (including phenoxy) is 2. The third kappa shape index (κ3) is 6.44. The number of carbonyl (C=O) groups excluding carboxylic acids is 2. The summed E-state index contributed by atoms with van der Waals surface area (Å²) in [6.07, 6.45) is -0.220. The standard InChI is InChI=1S/C22H24N2O4/c1-22(2,3)17-6-10-19(11-7-17)27-14-15-28-21(26)16-4-8-18(9-5-16)24-20(25)12-13-23/h4-11H,12,14-15H2,1-3H3,(H,24,25). The second kappa shape index (κ2) is 9.56. The summed E-state index contributed by atoms with van der Waals surface area (Å²) < 4.78 is 10.8. The molecule has 0 aromatic heterocycles. The third-order valence-electron chi connectivity index (χ3n) is 3.95. The molecule has 1 N–H and O–H groups in total. The van der Waals surface area contributed by atoms with Crippen molar-refractivity contribution in [2.75, 3.05) is 18.5 Å². The van der Waals surface area contributed by atoms with Crippen LogP contribution < -0.4 is 10.1 Å². The van der Waals surface area contributed by atoms with E-state index in [2.05, 4.69) is 26.1 Å². The molecule has 6 heteroatoms. The van der Waals surface area contributed by atoms with Gasteiger partial charge in [0.2, 0.25) is 5.91 Å². The highest BCUT2D eigenvalue weighted by atomic mass is 16.6. The molecular formula is C22H24N2O4. The number of rotatable bonds is 7. The van der Waals surface area contributed by atoms with Gasteiger partial charge in [0.1, 0.15) is 25.4 Å². The Morgan fingerprint density at radius 1 is 1.00 bits per heavy atom. The van der Waals surface area contributed by atoms with E-state index in [0.717, 1.165) is 5.75 Å². The number of nitrogens with zero attached hydrogens (tertiary/aromatic N) is 1. The second-order valence-electron chi connectivity index (χ2n) is 7.22. The summed E-state index contributed by atoms with van der Waals surface area (Å²) in [5.74, 6) is -0.145. The number of nitriles is 1. The number of amides is 1. The maximum atomic E-state index is 12.0. The molecule has 0 aliphatic carbocycles. The van der Waals surface area contributed by atoms with E-state index in [9.17, 15) is 9.59 Å². The van der Waals surface area contributed by atoms with Crippen molar-refractivity contribution in [3.8, 4) is 11.8 Å². The molecule has 0 heterocycles. The highest BCUT2D eigenvalue weighted by Gasteiger charge is 2.13. The SMILES string of the molecule is CC(C)(C)c1ccc(OCCOC(=O)c2ccc(NC(=O)CC#N)cc2)cc1. The van der Waals surface area contributed by atoms with E-state index in [1.54, 1.807) is 30.3 Å². The van der Waals surface area contributed by atoms with Gasteiger partial charge >= 0.3 is 5.97 Å². The zero-order valence-electron chi connectivity index (χ0n) is 16.3. The van der Waals surface area contributed by atoms with Crippen molar-refractivity contribution in [2.45, 2.75) is 32.6 Å². The van der Waals surface area contributed by atoms with Crippen LogP contribution in [0.5, 0.6) is 5.75 Å². The topological polar surface area (TPSA) is 88.4 Å². The lowest BCUT2D eigenvalue weighted by molar-refractivity contribution is -0.115. The van der Waals surface area contributed by atoms with E-state index in [1.807, 2.05) is 24.3 Å². The Hall–Kier alpha value is -3.33. The molecule has 0 aliphatic heterocycles. The molecule has 28 heavy (non-hydrogen) atoms. The molecule has 0 saturated heterocycles. The number of carbonyl (C=O) groups is 2. The molecule has 2 rings (SSSR count). The van der Waals surface area contributed by atoms with Gasteiger partial charge < -0.3 is 14.8 Å². The summed E-state index contributed by atoms with van der Waals surface area (Å²) in [6.45, 7) is 6.82. The van der Waals surface area contributed by atoms with Gasteiger partial charge in [-0.25, -0.2) is 4.79 Å². The Bertz CT molecular complexity index is 844. The van der Waals surface area contributed by atoms with E-state index in [-0.39, 0.29) is 25.0 Å². The molecule has 0 aliphatic rings. The molecule has 2 aromatic carbocycles. The Balaban J connectivity index is 1.76. The predicted molar refractivity (Wildman–Crippen MR) is 106 cm³/mol. The Labute approximate surface area is 165 Å². The highest BCUT2D eigenvalue weighted by Crippen LogP contribution is 2.24. The van der Waals surface area contributed by atoms with Gasteiger partial charge in [0.25, 0.3) is 0 Å². The van der Waals surface area contributed by atoms with E-state index in [1.165, 1.54) is 5.56 Å². The fourth-order valence-corrected chi connectivity index (χ4v) is 2.40. The largest absolute Gasteiger partial charge is 0.490 e. The molecule has 0 spiro atoms. The van der Waals surface area contributed by atoms with Crippen LogP contribution in [0.4, 0.5) is 5.69 Å². The molecule has 0 saturated carbocycles. The van der Waals surface area contributed by atoms with Crippen molar-refractivity contribution < 1.29 is 19.1 Å². The number of hydrogen-bond donors (Lipinski definition) is 1.